The topological polar surface area (TPSA) is 66.4 Å². The van der Waals surface area contributed by atoms with Crippen LogP contribution in [0.2, 0.25) is 0 Å². The lowest BCUT2D eigenvalue weighted by molar-refractivity contribution is 0.191. The Morgan fingerprint density at radius 2 is 1.79 bits per heavy atom. The predicted molar refractivity (Wildman–Crippen MR) is 76.5 cm³/mol. The van der Waals surface area contributed by atoms with Gasteiger partial charge in [-0.05, 0) is 37.5 Å². The molecule has 2 N–H and O–H groups in total. The van der Waals surface area contributed by atoms with Gasteiger partial charge in [0.05, 0.1) is 17.0 Å². The highest BCUT2D eigenvalue weighted by Crippen LogP contribution is 2.16. The summed E-state index contributed by atoms with van der Waals surface area (Å²) in [5, 5.41) is 9.28. The van der Waals surface area contributed by atoms with Crippen molar-refractivity contribution in [3.63, 3.8) is 0 Å². The van der Waals surface area contributed by atoms with E-state index in [9.17, 15) is 13.5 Å². The van der Waals surface area contributed by atoms with E-state index in [0.29, 0.717) is 6.42 Å². The standard InChI is InChI=1S/C14H23NO3S/c1-4-6-12-7-9-13(10-8-12)19(17,18)15-14(3,5-2)11-16/h7-10,15-16H,4-6,11H2,1-3H3. The predicted octanol–water partition coefficient (Wildman–Crippen LogP) is 2.08. The Hall–Kier alpha value is -0.910. The van der Waals surface area contributed by atoms with Crippen molar-refractivity contribution in [1.82, 2.24) is 4.72 Å². The Labute approximate surface area is 115 Å². The molecule has 0 amide bonds. The van der Waals surface area contributed by atoms with Crippen molar-refractivity contribution in [3.8, 4) is 0 Å². The molecular formula is C14H23NO3S. The summed E-state index contributed by atoms with van der Waals surface area (Å²) >= 11 is 0. The van der Waals surface area contributed by atoms with Crippen LogP contribution in [0.4, 0.5) is 0 Å². The number of hydrogen-bond acceptors (Lipinski definition) is 3. The average Bonchev–Trinajstić information content (AvgIpc) is 2.39. The Bertz CT molecular complexity index is 490. The van der Waals surface area contributed by atoms with E-state index in [1.165, 1.54) is 0 Å². The fourth-order valence-corrected chi connectivity index (χ4v) is 3.19. The lowest BCUT2D eigenvalue weighted by atomic mass is 10.0. The number of benzene rings is 1. The Balaban J connectivity index is 2.94. The third-order valence-corrected chi connectivity index (χ3v) is 4.94. The summed E-state index contributed by atoms with van der Waals surface area (Å²) < 4.78 is 27.0. The van der Waals surface area contributed by atoms with E-state index in [1.54, 1.807) is 19.1 Å². The maximum absolute atomic E-state index is 12.2. The van der Waals surface area contributed by atoms with Crippen molar-refractivity contribution >= 4 is 10.0 Å². The molecule has 0 bridgehead atoms. The molecule has 1 unspecified atom stereocenters. The first-order valence-electron chi connectivity index (χ1n) is 6.60. The molecule has 0 spiro atoms. The van der Waals surface area contributed by atoms with Gasteiger partial charge >= 0.3 is 0 Å². The number of aliphatic hydroxyl groups excluding tert-OH is 1. The molecule has 0 saturated carbocycles. The molecule has 4 nitrogen and oxygen atoms in total. The van der Waals surface area contributed by atoms with Crippen molar-refractivity contribution in [2.24, 2.45) is 0 Å². The summed E-state index contributed by atoms with van der Waals surface area (Å²) in [5.41, 5.74) is 0.308. The van der Waals surface area contributed by atoms with Crippen LogP contribution in [0.15, 0.2) is 29.2 Å². The minimum Gasteiger partial charge on any atom is -0.394 e. The van der Waals surface area contributed by atoms with Gasteiger partial charge in [-0.25, -0.2) is 13.1 Å². The molecule has 108 valence electrons. The fraction of sp³-hybridized carbons (Fsp3) is 0.571. The van der Waals surface area contributed by atoms with Crippen LogP contribution >= 0.6 is 0 Å². The lowest BCUT2D eigenvalue weighted by Gasteiger charge is -2.26. The SMILES string of the molecule is CCCc1ccc(S(=O)(=O)NC(C)(CC)CO)cc1. The smallest absolute Gasteiger partial charge is 0.241 e. The molecule has 1 atom stereocenters. The zero-order chi connectivity index (χ0) is 14.5. The van der Waals surface area contributed by atoms with Crippen LogP contribution in [-0.2, 0) is 16.4 Å². The van der Waals surface area contributed by atoms with Crippen LogP contribution < -0.4 is 4.72 Å². The number of nitrogens with one attached hydrogen (secondary N) is 1. The van der Waals surface area contributed by atoms with Crippen LogP contribution in [-0.4, -0.2) is 25.7 Å². The number of hydrogen-bond donors (Lipinski definition) is 2. The minimum atomic E-state index is -3.58. The van der Waals surface area contributed by atoms with Gasteiger partial charge in [0.15, 0.2) is 0 Å². The zero-order valence-corrected chi connectivity index (χ0v) is 12.6. The molecule has 0 aliphatic carbocycles. The lowest BCUT2D eigenvalue weighted by Crippen LogP contribution is -2.48. The largest absolute Gasteiger partial charge is 0.394 e. The molecule has 0 aromatic heterocycles. The molecule has 1 aromatic carbocycles. The molecule has 1 rings (SSSR count). The van der Waals surface area contributed by atoms with Crippen molar-refractivity contribution < 1.29 is 13.5 Å². The summed E-state index contributed by atoms with van der Waals surface area (Å²) in [7, 11) is -3.58. The van der Waals surface area contributed by atoms with E-state index in [4.69, 9.17) is 0 Å². The molecule has 1 aromatic rings. The van der Waals surface area contributed by atoms with E-state index in [1.807, 2.05) is 19.1 Å². The van der Waals surface area contributed by atoms with Gasteiger partial charge < -0.3 is 5.11 Å². The first kappa shape index (κ1) is 16.1. The number of aryl methyl sites for hydroxylation is 1. The van der Waals surface area contributed by atoms with Crippen molar-refractivity contribution in [1.29, 1.82) is 0 Å². The van der Waals surface area contributed by atoms with E-state index >= 15 is 0 Å². The highest BCUT2D eigenvalue weighted by atomic mass is 32.2. The number of aliphatic hydroxyl groups is 1. The van der Waals surface area contributed by atoms with Gasteiger partial charge in [-0.2, -0.15) is 0 Å². The first-order chi connectivity index (χ1) is 8.87. The van der Waals surface area contributed by atoms with E-state index in [0.717, 1.165) is 18.4 Å². The Kier molecular flexibility index (Phi) is 5.52. The zero-order valence-electron chi connectivity index (χ0n) is 11.8. The second kappa shape index (κ2) is 6.50. The fourth-order valence-electron chi connectivity index (χ4n) is 1.72. The highest BCUT2D eigenvalue weighted by molar-refractivity contribution is 7.89. The van der Waals surface area contributed by atoms with E-state index in [2.05, 4.69) is 11.6 Å². The van der Waals surface area contributed by atoms with Crippen molar-refractivity contribution in [2.75, 3.05) is 6.61 Å². The van der Waals surface area contributed by atoms with Crippen molar-refractivity contribution in [2.45, 2.75) is 50.5 Å². The van der Waals surface area contributed by atoms with Gasteiger partial charge in [0.2, 0.25) is 10.0 Å². The minimum absolute atomic E-state index is 0.226. The van der Waals surface area contributed by atoms with Gasteiger partial charge in [-0.3, -0.25) is 0 Å². The number of rotatable bonds is 7. The van der Waals surface area contributed by atoms with Crippen molar-refractivity contribution in [3.05, 3.63) is 29.8 Å². The number of sulfonamides is 1. The molecule has 5 heteroatoms. The third kappa shape index (κ3) is 4.30. The van der Waals surface area contributed by atoms with E-state index < -0.39 is 15.6 Å². The summed E-state index contributed by atoms with van der Waals surface area (Å²) in [6, 6.07) is 6.89. The molecule has 19 heavy (non-hydrogen) atoms. The van der Waals surface area contributed by atoms with Crippen LogP contribution in [0.3, 0.4) is 0 Å². The van der Waals surface area contributed by atoms with Crippen LogP contribution in [0, 0.1) is 0 Å². The Morgan fingerprint density at radius 1 is 1.21 bits per heavy atom. The van der Waals surface area contributed by atoms with Crippen LogP contribution in [0.5, 0.6) is 0 Å². The maximum atomic E-state index is 12.2. The molecule has 0 saturated heterocycles. The summed E-state index contributed by atoms with van der Waals surface area (Å²) in [6.45, 7) is 5.38. The van der Waals surface area contributed by atoms with Crippen LogP contribution in [0.1, 0.15) is 39.2 Å². The van der Waals surface area contributed by atoms with Gasteiger partial charge in [-0.1, -0.05) is 32.4 Å². The van der Waals surface area contributed by atoms with Gasteiger partial charge in [0, 0.05) is 0 Å². The molecule has 0 heterocycles. The molecule has 0 fully saturated rings. The second-order valence-corrected chi connectivity index (χ2v) is 6.75. The maximum Gasteiger partial charge on any atom is 0.241 e. The first-order valence-corrected chi connectivity index (χ1v) is 8.09. The van der Waals surface area contributed by atoms with Crippen LogP contribution in [0.25, 0.3) is 0 Å². The normalized spacial score (nSPS) is 15.2. The summed E-state index contributed by atoms with van der Waals surface area (Å²) in [4.78, 5) is 0.237. The summed E-state index contributed by atoms with van der Waals surface area (Å²) in [5.74, 6) is 0. The van der Waals surface area contributed by atoms with Gasteiger partial charge in [0.1, 0.15) is 0 Å². The van der Waals surface area contributed by atoms with Gasteiger partial charge in [0.25, 0.3) is 0 Å². The molecule has 0 aliphatic heterocycles. The molecule has 0 radical (unpaired) electrons. The quantitative estimate of drug-likeness (QED) is 0.806. The molecular weight excluding hydrogens is 262 g/mol. The third-order valence-electron chi connectivity index (χ3n) is 3.28. The Morgan fingerprint density at radius 3 is 2.21 bits per heavy atom. The molecule has 0 aliphatic rings. The second-order valence-electron chi connectivity index (χ2n) is 5.07. The monoisotopic (exact) mass is 285 g/mol. The highest BCUT2D eigenvalue weighted by Gasteiger charge is 2.28. The van der Waals surface area contributed by atoms with Gasteiger partial charge in [-0.15, -0.1) is 0 Å². The average molecular weight is 285 g/mol. The van der Waals surface area contributed by atoms with E-state index in [-0.39, 0.29) is 11.5 Å². The summed E-state index contributed by atoms with van der Waals surface area (Å²) in [6.07, 6.45) is 2.50.